The summed E-state index contributed by atoms with van der Waals surface area (Å²) < 4.78 is 5.14. The van der Waals surface area contributed by atoms with Crippen LogP contribution in [0.2, 0.25) is 0 Å². The maximum Gasteiger partial charge on any atom is 0.0499 e. The Kier molecular flexibility index (Phi) is 5.66. The third kappa shape index (κ3) is 4.49. The second kappa shape index (κ2) is 6.77. The van der Waals surface area contributed by atoms with Crippen LogP contribution in [0.4, 0.5) is 0 Å². The van der Waals surface area contributed by atoms with Crippen LogP contribution in [0.1, 0.15) is 36.6 Å². The Morgan fingerprint density at radius 2 is 1.94 bits per heavy atom. The van der Waals surface area contributed by atoms with Gasteiger partial charge in [-0.05, 0) is 37.8 Å². The number of aryl methyl sites for hydroxylation is 2. The molecule has 2 nitrogen and oxygen atoms in total. The van der Waals surface area contributed by atoms with Gasteiger partial charge >= 0.3 is 0 Å². The van der Waals surface area contributed by atoms with E-state index in [1.54, 1.807) is 7.11 Å². The molecule has 1 rings (SSSR count). The van der Waals surface area contributed by atoms with Crippen LogP contribution in [0.3, 0.4) is 0 Å². The van der Waals surface area contributed by atoms with Crippen molar-refractivity contribution in [3.8, 4) is 0 Å². The molecule has 0 saturated carbocycles. The Bertz CT molecular complexity index is 349. The lowest BCUT2D eigenvalue weighted by atomic mass is 10.00. The van der Waals surface area contributed by atoms with Crippen molar-refractivity contribution in [2.75, 3.05) is 20.3 Å². The second-order valence-electron chi connectivity index (χ2n) is 5.05. The number of hydrogen-bond acceptors (Lipinski definition) is 2. The molecule has 1 N–H and O–H groups in total. The fraction of sp³-hybridized carbons (Fsp3) is 0.600. The first kappa shape index (κ1) is 14.2. The van der Waals surface area contributed by atoms with Crippen molar-refractivity contribution in [3.05, 3.63) is 34.9 Å². The number of rotatable bonds is 6. The maximum absolute atomic E-state index is 5.14. The Morgan fingerprint density at radius 1 is 1.24 bits per heavy atom. The van der Waals surface area contributed by atoms with E-state index in [1.165, 1.54) is 16.7 Å². The van der Waals surface area contributed by atoms with Crippen LogP contribution in [-0.2, 0) is 4.74 Å². The minimum absolute atomic E-state index is 0.398. The van der Waals surface area contributed by atoms with Gasteiger partial charge in [0.1, 0.15) is 0 Å². The molecular formula is C15H25NO. The third-order valence-electron chi connectivity index (χ3n) is 3.12. The summed E-state index contributed by atoms with van der Waals surface area (Å²) >= 11 is 0. The zero-order chi connectivity index (χ0) is 12.8. The second-order valence-corrected chi connectivity index (χ2v) is 5.05. The van der Waals surface area contributed by atoms with Crippen LogP contribution in [0.5, 0.6) is 0 Å². The summed E-state index contributed by atoms with van der Waals surface area (Å²) in [4.78, 5) is 0. The first-order valence-electron chi connectivity index (χ1n) is 6.34. The molecule has 0 aliphatic heterocycles. The van der Waals surface area contributed by atoms with Crippen LogP contribution in [-0.4, -0.2) is 20.3 Å². The van der Waals surface area contributed by atoms with Gasteiger partial charge in [-0.25, -0.2) is 0 Å². The van der Waals surface area contributed by atoms with Crippen LogP contribution in [0, 0.1) is 19.8 Å². The van der Waals surface area contributed by atoms with Crippen molar-refractivity contribution in [1.82, 2.24) is 5.32 Å². The van der Waals surface area contributed by atoms with Crippen LogP contribution < -0.4 is 5.32 Å². The summed E-state index contributed by atoms with van der Waals surface area (Å²) in [6, 6.07) is 7.05. The first-order chi connectivity index (χ1) is 8.04. The van der Waals surface area contributed by atoms with Gasteiger partial charge in [0.2, 0.25) is 0 Å². The fourth-order valence-corrected chi connectivity index (χ4v) is 2.14. The molecule has 0 bridgehead atoms. The molecule has 0 aromatic heterocycles. The molecule has 0 spiro atoms. The van der Waals surface area contributed by atoms with E-state index in [2.05, 4.69) is 51.2 Å². The summed E-state index contributed by atoms with van der Waals surface area (Å²) in [5.41, 5.74) is 4.08. The van der Waals surface area contributed by atoms with Gasteiger partial charge in [-0.1, -0.05) is 30.7 Å². The lowest BCUT2D eigenvalue weighted by Crippen LogP contribution is -2.27. The highest BCUT2D eigenvalue weighted by molar-refractivity contribution is 5.32. The topological polar surface area (TPSA) is 21.3 Å². The largest absolute Gasteiger partial charge is 0.384 e. The minimum Gasteiger partial charge on any atom is -0.384 e. The van der Waals surface area contributed by atoms with E-state index in [-0.39, 0.29) is 0 Å². The predicted molar refractivity (Wildman–Crippen MR) is 73.4 cm³/mol. The van der Waals surface area contributed by atoms with Gasteiger partial charge in [0.25, 0.3) is 0 Å². The van der Waals surface area contributed by atoms with Crippen molar-refractivity contribution in [2.24, 2.45) is 5.92 Å². The van der Waals surface area contributed by atoms with E-state index in [4.69, 9.17) is 4.74 Å². The van der Waals surface area contributed by atoms with Gasteiger partial charge in [0.15, 0.2) is 0 Å². The highest BCUT2D eigenvalue weighted by Gasteiger charge is 2.09. The van der Waals surface area contributed by atoms with Gasteiger partial charge in [-0.15, -0.1) is 0 Å². The number of benzene rings is 1. The normalized spacial score (nSPS) is 14.6. The Balaban J connectivity index is 2.54. The standard InChI is InChI=1S/C15H25NO/c1-11-6-7-15(13(3)8-11)14(4)16-9-12(2)10-17-5/h6-8,12,14,16H,9-10H2,1-5H3. The minimum atomic E-state index is 0.398. The van der Waals surface area contributed by atoms with Crippen LogP contribution >= 0.6 is 0 Å². The molecule has 0 aliphatic rings. The maximum atomic E-state index is 5.14. The summed E-state index contributed by atoms with van der Waals surface area (Å²) in [7, 11) is 1.75. The predicted octanol–water partition coefficient (Wildman–Crippen LogP) is 3.24. The van der Waals surface area contributed by atoms with E-state index in [0.29, 0.717) is 12.0 Å². The van der Waals surface area contributed by atoms with E-state index in [1.807, 2.05) is 0 Å². The molecule has 96 valence electrons. The molecule has 2 atom stereocenters. The van der Waals surface area contributed by atoms with Gasteiger partial charge in [-0.3, -0.25) is 0 Å². The van der Waals surface area contributed by atoms with Crippen LogP contribution in [0.25, 0.3) is 0 Å². The zero-order valence-corrected chi connectivity index (χ0v) is 11.7. The van der Waals surface area contributed by atoms with Crippen LogP contribution in [0.15, 0.2) is 18.2 Å². The quantitative estimate of drug-likeness (QED) is 0.817. The van der Waals surface area contributed by atoms with Crippen molar-refractivity contribution in [1.29, 1.82) is 0 Å². The van der Waals surface area contributed by atoms with E-state index in [0.717, 1.165) is 13.2 Å². The number of ether oxygens (including phenoxy) is 1. The summed E-state index contributed by atoms with van der Waals surface area (Å²) in [6.45, 7) is 10.5. The summed E-state index contributed by atoms with van der Waals surface area (Å²) in [6.07, 6.45) is 0. The molecule has 0 saturated heterocycles. The number of methoxy groups -OCH3 is 1. The summed E-state index contributed by atoms with van der Waals surface area (Å²) in [5.74, 6) is 0.549. The summed E-state index contributed by atoms with van der Waals surface area (Å²) in [5, 5.41) is 3.56. The average molecular weight is 235 g/mol. The fourth-order valence-electron chi connectivity index (χ4n) is 2.14. The number of nitrogens with one attached hydrogen (secondary N) is 1. The molecular weight excluding hydrogens is 210 g/mol. The van der Waals surface area contributed by atoms with Crippen molar-refractivity contribution in [2.45, 2.75) is 33.7 Å². The molecule has 1 aromatic carbocycles. The Hall–Kier alpha value is -0.860. The molecule has 0 heterocycles. The van der Waals surface area contributed by atoms with Gasteiger partial charge in [0, 0.05) is 26.3 Å². The van der Waals surface area contributed by atoms with Crippen molar-refractivity contribution >= 4 is 0 Å². The molecule has 17 heavy (non-hydrogen) atoms. The molecule has 0 radical (unpaired) electrons. The van der Waals surface area contributed by atoms with Crippen molar-refractivity contribution in [3.63, 3.8) is 0 Å². The third-order valence-corrected chi connectivity index (χ3v) is 3.12. The Morgan fingerprint density at radius 3 is 2.53 bits per heavy atom. The molecule has 2 heteroatoms. The van der Waals surface area contributed by atoms with E-state index < -0.39 is 0 Å². The smallest absolute Gasteiger partial charge is 0.0499 e. The highest BCUT2D eigenvalue weighted by atomic mass is 16.5. The molecule has 2 unspecified atom stereocenters. The van der Waals surface area contributed by atoms with E-state index >= 15 is 0 Å². The molecule has 1 aromatic rings. The monoisotopic (exact) mass is 235 g/mol. The molecule has 0 amide bonds. The first-order valence-corrected chi connectivity index (χ1v) is 6.34. The van der Waals surface area contributed by atoms with Gasteiger partial charge in [0.05, 0.1) is 0 Å². The number of hydrogen-bond donors (Lipinski definition) is 1. The average Bonchev–Trinajstić information content (AvgIpc) is 2.26. The Labute approximate surface area is 105 Å². The molecule has 0 aliphatic carbocycles. The lowest BCUT2D eigenvalue weighted by Gasteiger charge is -2.19. The highest BCUT2D eigenvalue weighted by Crippen LogP contribution is 2.18. The lowest BCUT2D eigenvalue weighted by molar-refractivity contribution is 0.157. The van der Waals surface area contributed by atoms with Crippen molar-refractivity contribution < 1.29 is 4.74 Å². The van der Waals surface area contributed by atoms with E-state index in [9.17, 15) is 0 Å². The SMILES string of the molecule is COCC(C)CNC(C)c1ccc(C)cc1C. The molecule has 0 fully saturated rings. The van der Waals surface area contributed by atoms with Gasteiger partial charge in [-0.2, -0.15) is 0 Å². The van der Waals surface area contributed by atoms with Gasteiger partial charge < -0.3 is 10.1 Å². The zero-order valence-electron chi connectivity index (χ0n) is 11.7.